The minimum absolute atomic E-state index is 0.0163. The van der Waals surface area contributed by atoms with Crippen LogP contribution in [0.15, 0.2) is 45.7 Å². The molecule has 0 aliphatic rings. The molecule has 0 fully saturated rings. The maximum atomic E-state index is 11.9. The van der Waals surface area contributed by atoms with Crippen molar-refractivity contribution in [1.82, 2.24) is 5.32 Å². The summed E-state index contributed by atoms with van der Waals surface area (Å²) in [4.78, 5) is 11.9. The van der Waals surface area contributed by atoms with Crippen molar-refractivity contribution in [3.8, 4) is 0 Å². The van der Waals surface area contributed by atoms with Gasteiger partial charge in [0.25, 0.3) is 5.91 Å². The molecule has 1 atom stereocenters. The number of sulfonamides is 1. The molecule has 1 unspecified atom stereocenters. The second-order valence-electron chi connectivity index (χ2n) is 4.41. The van der Waals surface area contributed by atoms with E-state index in [4.69, 9.17) is 21.2 Å². The van der Waals surface area contributed by atoms with E-state index in [0.717, 1.165) is 5.56 Å². The molecule has 3 N–H and O–H groups in total. The summed E-state index contributed by atoms with van der Waals surface area (Å²) in [6, 6.07) is 8.54. The van der Waals surface area contributed by atoms with Gasteiger partial charge in [-0.1, -0.05) is 12.1 Å². The van der Waals surface area contributed by atoms with E-state index in [-0.39, 0.29) is 21.9 Å². The van der Waals surface area contributed by atoms with E-state index in [0.29, 0.717) is 0 Å². The smallest absolute Gasteiger partial charge is 0.287 e. The van der Waals surface area contributed by atoms with Crippen LogP contribution in [-0.2, 0) is 10.0 Å². The Morgan fingerprint density at radius 1 is 1.24 bits per heavy atom. The van der Waals surface area contributed by atoms with Gasteiger partial charge in [-0.25, -0.2) is 13.6 Å². The zero-order chi connectivity index (χ0) is 15.6. The molecule has 0 bridgehead atoms. The van der Waals surface area contributed by atoms with Gasteiger partial charge >= 0.3 is 0 Å². The molecule has 8 heteroatoms. The minimum atomic E-state index is -3.73. The summed E-state index contributed by atoms with van der Waals surface area (Å²) in [5.74, 6) is -0.307. The first-order valence-electron chi connectivity index (χ1n) is 5.96. The van der Waals surface area contributed by atoms with Crippen molar-refractivity contribution < 1.29 is 17.6 Å². The molecular weight excluding hydrogens is 316 g/mol. The molecule has 0 saturated heterocycles. The summed E-state index contributed by atoms with van der Waals surface area (Å²) in [5.41, 5.74) is 0.730. The summed E-state index contributed by atoms with van der Waals surface area (Å²) in [6.07, 6.45) is 0. The van der Waals surface area contributed by atoms with Crippen LogP contribution in [0.4, 0.5) is 0 Å². The number of carbonyl (C=O) groups excluding carboxylic acids is 1. The molecule has 0 radical (unpaired) electrons. The zero-order valence-electron chi connectivity index (χ0n) is 11.0. The monoisotopic (exact) mass is 328 g/mol. The average Bonchev–Trinajstić information content (AvgIpc) is 2.84. The van der Waals surface area contributed by atoms with Crippen LogP contribution in [0, 0.1) is 0 Å². The second-order valence-corrected chi connectivity index (χ2v) is 6.35. The summed E-state index contributed by atoms with van der Waals surface area (Å²) in [6.45, 7) is 1.76. The summed E-state index contributed by atoms with van der Waals surface area (Å²) in [7, 11) is -3.73. The van der Waals surface area contributed by atoms with E-state index < -0.39 is 15.9 Å². The lowest BCUT2D eigenvalue weighted by atomic mass is 10.1. The number of primary sulfonamides is 1. The van der Waals surface area contributed by atoms with Crippen molar-refractivity contribution >= 4 is 27.5 Å². The van der Waals surface area contributed by atoms with E-state index in [2.05, 4.69) is 5.32 Å². The highest BCUT2D eigenvalue weighted by Crippen LogP contribution is 2.17. The minimum Gasteiger partial charge on any atom is -0.440 e. The average molecular weight is 329 g/mol. The first-order chi connectivity index (χ1) is 9.77. The molecule has 1 aromatic heterocycles. The Morgan fingerprint density at radius 2 is 1.86 bits per heavy atom. The highest BCUT2D eigenvalue weighted by molar-refractivity contribution is 7.89. The van der Waals surface area contributed by atoms with Gasteiger partial charge < -0.3 is 9.73 Å². The molecule has 2 aromatic rings. The van der Waals surface area contributed by atoms with Gasteiger partial charge in [-0.2, -0.15) is 0 Å². The molecule has 0 aliphatic heterocycles. The Balaban J connectivity index is 2.10. The van der Waals surface area contributed by atoms with Gasteiger partial charge in [-0.15, -0.1) is 0 Å². The maximum absolute atomic E-state index is 11.9. The van der Waals surface area contributed by atoms with Crippen LogP contribution < -0.4 is 10.5 Å². The fraction of sp³-hybridized carbons (Fsp3) is 0.154. The number of furan rings is 1. The first-order valence-corrected chi connectivity index (χ1v) is 7.89. The highest BCUT2D eigenvalue weighted by Gasteiger charge is 2.15. The third-order valence-corrected chi connectivity index (χ3v) is 3.99. The Hall–Kier alpha value is -1.83. The van der Waals surface area contributed by atoms with Crippen molar-refractivity contribution in [3.63, 3.8) is 0 Å². The maximum Gasteiger partial charge on any atom is 0.287 e. The Bertz CT molecular complexity index is 753. The van der Waals surface area contributed by atoms with Crippen LogP contribution in [0.25, 0.3) is 0 Å². The van der Waals surface area contributed by atoms with E-state index in [9.17, 15) is 13.2 Å². The van der Waals surface area contributed by atoms with Gasteiger partial charge in [0.1, 0.15) is 0 Å². The number of nitrogens with two attached hydrogens (primary N) is 1. The number of rotatable bonds is 4. The molecule has 0 spiro atoms. The summed E-state index contributed by atoms with van der Waals surface area (Å²) >= 11 is 5.60. The van der Waals surface area contributed by atoms with Crippen LogP contribution in [0.5, 0.6) is 0 Å². The van der Waals surface area contributed by atoms with Crippen molar-refractivity contribution in [2.24, 2.45) is 5.14 Å². The van der Waals surface area contributed by atoms with Crippen LogP contribution in [-0.4, -0.2) is 14.3 Å². The molecule has 1 aromatic carbocycles. The van der Waals surface area contributed by atoms with E-state index in [1.807, 2.05) is 0 Å². The largest absolute Gasteiger partial charge is 0.440 e. The van der Waals surface area contributed by atoms with Crippen molar-refractivity contribution in [1.29, 1.82) is 0 Å². The zero-order valence-corrected chi connectivity index (χ0v) is 12.6. The third-order valence-electron chi connectivity index (χ3n) is 2.85. The van der Waals surface area contributed by atoms with E-state index in [1.165, 1.54) is 24.3 Å². The van der Waals surface area contributed by atoms with Crippen LogP contribution in [0.3, 0.4) is 0 Å². The molecular formula is C13H13ClN2O4S. The van der Waals surface area contributed by atoms with Crippen LogP contribution in [0.1, 0.15) is 29.1 Å². The SMILES string of the molecule is CC(NC(=O)c1ccc(Cl)o1)c1ccc(S(N)(=O)=O)cc1. The van der Waals surface area contributed by atoms with Gasteiger partial charge in [0, 0.05) is 0 Å². The Kier molecular flexibility index (Phi) is 4.36. The normalized spacial score (nSPS) is 12.9. The fourth-order valence-corrected chi connectivity index (χ4v) is 2.40. The first kappa shape index (κ1) is 15.6. The third kappa shape index (κ3) is 3.84. The second kappa shape index (κ2) is 5.88. The van der Waals surface area contributed by atoms with Crippen molar-refractivity contribution in [2.45, 2.75) is 17.9 Å². The summed E-state index contributed by atoms with van der Waals surface area (Å²) in [5, 5.41) is 7.86. The van der Waals surface area contributed by atoms with Crippen LogP contribution in [0.2, 0.25) is 5.22 Å². The number of carbonyl (C=O) groups is 1. The number of nitrogens with one attached hydrogen (secondary N) is 1. The molecule has 112 valence electrons. The van der Waals surface area contributed by atoms with Gasteiger partial charge in [-0.05, 0) is 48.4 Å². The van der Waals surface area contributed by atoms with Gasteiger partial charge in [0.15, 0.2) is 11.0 Å². The highest BCUT2D eigenvalue weighted by atomic mass is 35.5. The van der Waals surface area contributed by atoms with E-state index >= 15 is 0 Å². The molecule has 21 heavy (non-hydrogen) atoms. The topological polar surface area (TPSA) is 102 Å². The lowest BCUT2D eigenvalue weighted by Gasteiger charge is -2.13. The number of benzene rings is 1. The number of hydrogen-bond acceptors (Lipinski definition) is 4. The molecule has 2 rings (SSSR count). The quantitative estimate of drug-likeness (QED) is 0.896. The molecule has 0 saturated carbocycles. The lowest BCUT2D eigenvalue weighted by molar-refractivity contribution is 0.0912. The predicted octanol–water partition coefficient (Wildman–Crippen LogP) is 2.07. The van der Waals surface area contributed by atoms with Crippen LogP contribution >= 0.6 is 11.6 Å². The molecule has 6 nitrogen and oxygen atoms in total. The van der Waals surface area contributed by atoms with E-state index in [1.54, 1.807) is 19.1 Å². The van der Waals surface area contributed by atoms with Crippen molar-refractivity contribution in [3.05, 3.63) is 52.9 Å². The Morgan fingerprint density at radius 3 is 2.33 bits per heavy atom. The molecule has 0 aliphatic carbocycles. The number of amides is 1. The standard InChI is InChI=1S/C13H13ClN2O4S/c1-8(16-13(17)11-6-7-12(14)20-11)9-2-4-10(5-3-9)21(15,18)19/h2-8H,1H3,(H,16,17)(H2,15,18,19). The number of hydrogen-bond donors (Lipinski definition) is 2. The molecule has 1 amide bonds. The lowest BCUT2D eigenvalue weighted by Crippen LogP contribution is -2.26. The molecule has 1 heterocycles. The Labute approximate surface area is 126 Å². The van der Waals surface area contributed by atoms with Gasteiger partial charge in [-0.3, -0.25) is 4.79 Å². The predicted molar refractivity (Wildman–Crippen MR) is 77.4 cm³/mol. The number of halogens is 1. The fourth-order valence-electron chi connectivity index (χ4n) is 1.73. The summed E-state index contributed by atoms with van der Waals surface area (Å²) < 4.78 is 27.3. The van der Waals surface area contributed by atoms with Gasteiger partial charge in [0.05, 0.1) is 10.9 Å². The van der Waals surface area contributed by atoms with Crippen molar-refractivity contribution in [2.75, 3.05) is 0 Å². The van der Waals surface area contributed by atoms with Gasteiger partial charge in [0.2, 0.25) is 10.0 Å².